The van der Waals surface area contributed by atoms with Gasteiger partial charge in [0.25, 0.3) is 0 Å². The summed E-state index contributed by atoms with van der Waals surface area (Å²) in [5, 5.41) is 17.0. The van der Waals surface area contributed by atoms with Crippen LogP contribution in [0.2, 0.25) is 0 Å². The highest BCUT2D eigenvalue weighted by atomic mass is 16.6. The quantitative estimate of drug-likeness (QED) is 0.661. The van der Waals surface area contributed by atoms with Gasteiger partial charge in [0.2, 0.25) is 5.91 Å². The van der Waals surface area contributed by atoms with E-state index in [2.05, 4.69) is 15.4 Å². The molecule has 0 aromatic carbocycles. The standard InChI is InChI=1S/C11H11N5O3/c1-8(15-7-10(6-13-15)16(18)19)11(17)14-9-3-2-4-12-5-9/h2-8H,1H3,(H,14,17)/t8-/m1/s1. The number of nitrogens with one attached hydrogen (secondary N) is 1. The van der Waals surface area contributed by atoms with E-state index in [0.717, 1.165) is 6.20 Å². The van der Waals surface area contributed by atoms with Gasteiger partial charge in [0.05, 0.1) is 16.8 Å². The van der Waals surface area contributed by atoms with Crippen molar-refractivity contribution in [3.05, 3.63) is 47.0 Å². The molecule has 0 aliphatic carbocycles. The smallest absolute Gasteiger partial charge is 0.307 e. The summed E-state index contributed by atoms with van der Waals surface area (Å²) in [7, 11) is 0. The van der Waals surface area contributed by atoms with Gasteiger partial charge in [0.15, 0.2) is 0 Å². The molecule has 8 heteroatoms. The van der Waals surface area contributed by atoms with Crippen LogP contribution < -0.4 is 5.32 Å². The first kappa shape index (κ1) is 12.7. The van der Waals surface area contributed by atoms with Crippen LogP contribution in [0.4, 0.5) is 11.4 Å². The van der Waals surface area contributed by atoms with Crippen LogP contribution in [0.25, 0.3) is 0 Å². The van der Waals surface area contributed by atoms with E-state index < -0.39 is 11.0 Å². The molecule has 1 N–H and O–H groups in total. The van der Waals surface area contributed by atoms with Crippen LogP contribution in [-0.2, 0) is 4.79 Å². The molecule has 2 aromatic rings. The van der Waals surface area contributed by atoms with E-state index in [-0.39, 0.29) is 11.6 Å². The fourth-order valence-corrected chi connectivity index (χ4v) is 1.44. The van der Waals surface area contributed by atoms with E-state index in [1.54, 1.807) is 25.3 Å². The summed E-state index contributed by atoms with van der Waals surface area (Å²) < 4.78 is 1.24. The molecule has 0 saturated heterocycles. The fourth-order valence-electron chi connectivity index (χ4n) is 1.44. The Balaban J connectivity index is 2.08. The fraction of sp³-hybridized carbons (Fsp3) is 0.182. The van der Waals surface area contributed by atoms with Gasteiger partial charge in [-0.2, -0.15) is 5.10 Å². The van der Waals surface area contributed by atoms with Gasteiger partial charge < -0.3 is 5.32 Å². The number of nitrogens with zero attached hydrogens (tertiary/aromatic N) is 4. The zero-order valence-corrected chi connectivity index (χ0v) is 10.1. The number of rotatable bonds is 4. The monoisotopic (exact) mass is 261 g/mol. The molecule has 0 aliphatic heterocycles. The van der Waals surface area contributed by atoms with Crippen LogP contribution in [0, 0.1) is 10.1 Å². The lowest BCUT2D eigenvalue weighted by atomic mass is 10.3. The first-order chi connectivity index (χ1) is 9.08. The Hall–Kier alpha value is -2.77. The van der Waals surface area contributed by atoms with Crippen molar-refractivity contribution in [2.24, 2.45) is 0 Å². The molecule has 2 rings (SSSR count). The van der Waals surface area contributed by atoms with Crippen LogP contribution in [0.5, 0.6) is 0 Å². The Labute approximate surface area is 108 Å². The zero-order valence-electron chi connectivity index (χ0n) is 10.1. The van der Waals surface area contributed by atoms with Gasteiger partial charge in [-0.3, -0.25) is 24.6 Å². The summed E-state index contributed by atoms with van der Waals surface area (Å²) in [5.74, 6) is -0.328. The predicted octanol–water partition coefficient (Wildman–Crippen LogP) is 1.39. The van der Waals surface area contributed by atoms with Crippen molar-refractivity contribution in [1.29, 1.82) is 0 Å². The van der Waals surface area contributed by atoms with Gasteiger partial charge in [0, 0.05) is 6.20 Å². The Morgan fingerprint density at radius 1 is 1.53 bits per heavy atom. The SMILES string of the molecule is C[C@H](C(=O)Nc1cccnc1)n1cc([N+](=O)[O-])cn1. The minimum absolute atomic E-state index is 0.152. The number of hydrogen-bond donors (Lipinski definition) is 1. The summed E-state index contributed by atoms with van der Waals surface area (Å²) in [4.78, 5) is 25.8. The zero-order chi connectivity index (χ0) is 13.8. The molecule has 2 aromatic heterocycles. The first-order valence-electron chi connectivity index (χ1n) is 5.47. The van der Waals surface area contributed by atoms with Gasteiger partial charge in [-0.25, -0.2) is 0 Å². The van der Waals surface area contributed by atoms with Crippen LogP contribution in [0.15, 0.2) is 36.9 Å². The number of aromatic nitrogens is 3. The lowest BCUT2D eigenvalue weighted by Gasteiger charge is -2.11. The summed E-state index contributed by atoms with van der Waals surface area (Å²) in [5.41, 5.74) is 0.405. The molecule has 0 fully saturated rings. The molecule has 0 bridgehead atoms. The highest BCUT2D eigenvalue weighted by molar-refractivity contribution is 5.93. The highest BCUT2D eigenvalue weighted by Gasteiger charge is 2.19. The number of hydrogen-bond acceptors (Lipinski definition) is 5. The van der Waals surface area contributed by atoms with E-state index >= 15 is 0 Å². The van der Waals surface area contributed by atoms with E-state index in [0.29, 0.717) is 5.69 Å². The van der Waals surface area contributed by atoms with Gasteiger partial charge in [-0.15, -0.1) is 0 Å². The maximum absolute atomic E-state index is 11.9. The number of anilines is 1. The lowest BCUT2D eigenvalue weighted by Crippen LogP contribution is -2.24. The minimum Gasteiger partial charge on any atom is -0.323 e. The maximum atomic E-state index is 11.9. The van der Waals surface area contributed by atoms with Gasteiger partial charge in [-0.1, -0.05) is 0 Å². The molecular formula is C11H11N5O3. The molecule has 1 atom stereocenters. The number of carbonyl (C=O) groups excluding carboxylic acids is 1. The molecule has 1 amide bonds. The van der Waals surface area contributed by atoms with Crippen LogP contribution in [0.1, 0.15) is 13.0 Å². The van der Waals surface area contributed by atoms with Gasteiger partial charge in [-0.05, 0) is 19.1 Å². The molecule has 0 spiro atoms. The maximum Gasteiger partial charge on any atom is 0.307 e. The third-order valence-corrected chi connectivity index (χ3v) is 2.50. The van der Waals surface area contributed by atoms with Crippen LogP contribution in [0.3, 0.4) is 0 Å². The van der Waals surface area contributed by atoms with E-state index in [9.17, 15) is 14.9 Å². The predicted molar refractivity (Wildman–Crippen MR) is 66.5 cm³/mol. The van der Waals surface area contributed by atoms with E-state index in [1.165, 1.54) is 17.1 Å². The normalized spacial score (nSPS) is 11.8. The molecule has 2 heterocycles. The number of pyridine rings is 1. The Morgan fingerprint density at radius 2 is 2.32 bits per heavy atom. The lowest BCUT2D eigenvalue weighted by molar-refractivity contribution is -0.385. The topological polar surface area (TPSA) is 103 Å². The van der Waals surface area contributed by atoms with Crippen molar-refractivity contribution in [2.45, 2.75) is 13.0 Å². The molecule has 19 heavy (non-hydrogen) atoms. The Bertz CT molecular complexity index is 595. The van der Waals surface area contributed by atoms with Crippen LogP contribution >= 0.6 is 0 Å². The van der Waals surface area contributed by atoms with E-state index in [1.807, 2.05) is 0 Å². The molecule has 8 nitrogen and oxygen atoms in total. The molecule has 0 unspecified atom stereocenters. The van der Waals surface area contributed by atoms with Crippen LogP contribution in [-0.4, -0.2) is 25.6 Å². The summed E-state index contributed by atoms with van der Waals surface area (Å²) in [6, 6.07) is 2.73. The van der Waals surface area contributed by atoms with Crippen molar-refractivity contribution in [1.82, 2.24) is 14.8 Å². The van der Waals surface area contributed by atoms with Crippen molar-refractivity contribution in [2.75, 3.05) is 5.32 Å². The largest absolute Gasteiger partial charge is 0.323 e. The van der Waals surface area contributed by atoms with Crippen molar-refractivity contribution < 1.29 is 9.72 Å². The second-order valence-corrected chi connectivity index (χ2v) is 3.84. The first-order valence-corrected chi connectivity index (χ1v) is 5.47. The average molecular weight is 261 g/mol. The molecule has 0 aliphatic rings. The molecule has 0 saturated carbocycles. The molecular weight excluding hydrogens is 250 g/mol. The van der Waals surface area contributed by atoms with Gasteiger partial charge >= 0.3 is 5.69 Å². The minimum atomic E-state index is -0.658. The third-order valence-electron chi connectivity index (χ3n) is 2.50. The number of amides is 1. The Kier molecular flexibility index (Phi) is 3.51. The molecule has 0 radical (unpaired) electrons. The van der Waals surface area contributed by atoms with Crippen molar-refractivity contribution in [3.63, 3.8) is 0 Å². The number of carbonyl (C=O) groups is 1. The molecule has 98 valence electrons. The van der Waals surface area contributed by atoms with Gasteiger partial charge in [0.1, 0.15) is 18.4 Å². The van der Waals surface area contributed by atoms with E-state index in [4.69, 9.17) is 0 Å². The number of nitro groups is 1. The second-order valence-electron chi connectivity index (χ2n) is 3.84. The average Bonchev–Trinajstić information content (AvgIpc) is 2.88. The summed E-state index contributed by atoms with van der Waals surface area (Å²) in [6.45, 7) is 1.60. The highest BCUT2D eigenvalue weighted by Crippen LogP contribution is 2.14. The summed E-state index contributed by atoms with van der Waals surface area (Å²) in [6.07, 6.45) is 5.42. The summed E-state index contributed by atoms with van der Waals surface area (Å²) >= 11 is 0. The van der Waals surface area contributed by atoms with Crippen molar-refractivity contribution >= 4 is 17.3 Å². The Morgan fingerprint density at radius 3 is 2.89 bits per heavy atom. The van der Waals surface area contributed by atoms with Crippen molar-refractivity contribution in [3.8, 4) is 0 Å². The third kappa shape index (κ3) is 2.92. The second kappa shape index (κ2) is 5.25.